The standard InChI is InChI=1S/2C7HF12NO2S.Hg/c2*8-4(9,10)2(5(11,12)13)20-1(23)21-3(22-2,6(14,15)16)7(17,18)19;/h2*(H,20,23);/q;;+2/p-2. The quantitative estimate of drug-likeness (QED) is 0.205. The molecule has 0 atom stereocenters. The number of halogens is 24. The first kappa shape index (κ1) is 42.0. The molecule has 0 spiro atoms. The summed E-state index contributed by atoms with van der Waals surface area (Å²) < 4.78 is 332. The first-order valence-corrected chi connectivity index (χ1v) is 25.5. The summed E-state index contributed by atoms with van der Waals surface area (Å²) in [5.41, 5.74) is -13.7. The molecule has 0 unspecified atom stereocenters. The van der Waals surface area contributed by atoms with E-state index in [0.717, 1.165) is 0 Å². The van der Waals surface area contributed by atoms with Crippen molar-refractivity contribution < 1.29 is 146 Å². The summed E-state index contributed by atoms with van der Waals surface area (Å²) in [5, 5.41) is -6.06. The zero-order valence-electron chi connectivity index (χ0n) is 20.1. The molecule has 47 heavy (non-hydrogen) atoms. The van der Waals surface area contributed by atoms with Crippen LogP contribution in [-0.2, 0) is 40.5 Å². The Balaban J connectivity index is 2.77. The number of hydrogen-bond donors (Lipinski definition) is 0. The Morgan fingerprint density at radius 3 is 0.766 bits per heavy atom. The third kappa shape index (κ3) is 6.94. The Morgan fingerprint density at radius 1 is 0.383 bits per heavy atom. The monoisotopic (exact) mass is 982 g/mol. The molecule has 0 bridgehead atoms. The van der Waals surface area contributed by atoms with Gasteiger partial charge in [0.25, 0.3) is 0 Å². The molecule has 0 aromatic rings. The molecule has 2 aliphatic heterocycles. The van der Waals surface area contributed by atoms with Crippen LogP contribution < -0.4 is 0 Å². The Hall–Kier alpha value is -1.18. The van der Waals surface area contributed by atoms with Crippen LogP contribution in [0.25, 0.3) is 0 Å². The van der Waals surface area contributed by atoms with Crippen molar-refractivity contribution in [2.24, 2.45) is 9.98 Å². The van der Waals surface area contributed by atoms with Crippen LogP contribution in [0.1, 0.15) is 0 Å². The molecule has 6 nitrogen and oxygen atoms in total. The maximum absolute atomic E-state index is 13.4. The zero-order chi connectivity index (χ0) is 37.5. The van der Waals surface area contributed by atoms with Crippen molar-refractivity contribution in [1.82, 2.24) is 0 Å². The molecule has 0 aromatic heterocycles. The van der Waals surface area contributed by atoms with E-state index in [-0.39, 0.29) is 0 Å². The van der Waals surface area contributed by atoms with Gasteiger partial charge in [0.2, 0.25) is 0 Å². The van der Waals surface area contributed by atoms with Gasteiger partial charge in [-0.05, 0) is 0 Å². The van der Waals surface area contributed by atoms with E-state index in [2.05, 4.69) is 18.9 Å². The van der Waals surface area contributed by atoms with E-state index in [0.29, 0.717) is 0 Å². The van der Waals surface area contributed by atoms with Gasteiger partial charge in [-0.1, -0.05) is 0 Å². The molecule has 33 heteroatoms. The number of rotatable bonds is 2. The number of nitrogens with zero attached hydrogens (tertiary/aromatic N) is 2. The van der Waals surface area contributed by atoms with Gasteiger partial charge in [0.1, 0.15) is 0 Å². The van der Waals surface area contributed by atoms with Crippen molar-refractivity contribution in [3.8, 4) is 0 Å². The predicted molar refractivity (Wildman–Crippen MR) is 93.8 cm³/mol. The van der Waals surface area contributed by atoms with Gasteiger partial charge < -0.3 is 0 Å². The second-order valence-corrected chi connectivity index (χ2v) is 25.3. The Kier molecular flexibility index (Phi) is 10.4. The molecule has 2 heterocycles. The van der Waals surface area contributed by atoms with Crippen molar-refractivity contribution in [3.63, 3.8) is 0 Å². The van der Waals surface area contributed by atoms with Crippen molar-refractivity contribution in [2.45, 2.75) is 72.4 Å². The van der Waals surface area contributed by atoms with Crippen LogP contribution in [0.2, 0.25) is 0 Å². The van der Waals surface area contributed by atoms with E-state index in [9.17, 15) is 105 Å². The fourth-order valence-electron chi connectivity index (χ4n) is 2.90. The van der Waals surface area contributed by atoms with Crippen molar-refractivity contribution in [1.29, 1.82) is 0 Å². The van der Waals surface area contributed by atoms with Crippen molar-refractivity contribution in [3.05, 3.63) is 0 Å². The number of hydrogen-bond acceptors (Lipinski definition) is 8. The Labute approximate surface area is 255 Å². The van der Waals surface area contributed by atoms with Crippen LogP contribution in [0.5, 0.6) is 0 Å². The molecule has 0 aromatic carbocycles. The molecule has 0 radical (unpaired) electrons. The van der Waals surface area contributed by atoms with E-state index >= 15 is 0 Å². The van der Waals surface area contributed by atoms with Gasteiger partial charge in [-0.3, -0.25) is 0 Å². The zero-order valence-corrected chi connectivity index (χ0v) is 27.3. The van der Waals surface area contributed by atoms with Gasteiger partial charge in [0.15, 0.2) is 0 Å². The average Bonchev–Trinajstić information content (AvgIpc) is 2.78. The van der Waals surface area contributed by atoms with Crippen LogP contribution in [0.15, 0.2) is 9.98 Å². The van der Waals surface area contributed by atoms with E-state index in [1.807, 2.05) is 0 Å². The number of ether oxygens (including phenoxy) is 4. The first-order valence-electron chi connectivity index (χ1n) is 10.0. The topological polar surface area (TPSA) is 61.6 Å². The Bertz CT molecular complexity index is 1090. The molecule has 0 aliphatic carbocycles. The van der Waals surface area contributed by atoms with E-state index in [4.69, 9.17) is 0 Å². The fourth-order valence-corrected chi connectivity index (χ4v) is 16.7. The minimum absolute atomic E-state index is 1.30. The summed E-state index contributed by atoms with van der Waals surface area (Å²) >= 11 is -4.92. The summed E-state index contributed by atoms with van der Waals surface area (Å²) in [6.07, 6.45) is -59.5. The molecule has 0 fully saturated rings. The van der Waals surface area contributed by atoms with Gasteiger partial charge >= 0.3 is 255 Å². The molecular formula is C14F24HgN2O4S2. The van der Waals surface area contributed by atoms with E-state index < -0.39 is 121 Å². The van der Waals surface area contributed by atoms with Crippen LogP contribution >= 0.6 is 16.5 Å². The van der Waals surface area contributed by atoms with Crippen LogP contribution in [0.3, 0.4) is 0 Å². The summed E-state index contributed by atoms with van der Waals surface area (Å²) in [6, 6.07) is 0. The van der Waals surface area contributed by atoms with E-state index in [1.165, 1.54) is 9.98 Å². The van der Waals surface area contributed by atoms with Gasteiger partial charge in [-0.15, -0.1) is 0 Å². The van der Waals surface area contributed by atoms with Gasteiger partial charge in [-0.25, -0.2) is 0 Å². The summed E-state index contributed by atoms with van der Waals surface area (Å²) in [6.45, 7) is 0. The molecule has 0 amide bonds. The first-order chi connectivity index (χ1) is 20.3. The summed E-state index contributed by atoms with van der Waals surface area (Å²) in [7, 11) is -2.61. The van der Waals surface area contributed by atoms with Crippen molar-refractivity contribution in [2.75, 3.05) is 0 Å². The number of aliphatic imine (C=N–C) groups is 2. The maximum atomic E-state index is 13.4. The van der Waals surface area contributed by atoms with Gasteiger partial charge in [-0.2, -0.15) is 0 Å². The van der Waals surface area contributed by atoms with Gasteiger partial charge in [0.05, 0.1) is 0 Å². The number of alkyl halides is 24. The molecular weight excluding hydrogens is 981 g/mol. The van der Waals surface area contributed by atoms with E-state index in [1.54, 1.807) is 0 Å². The average molecular weight is 981 g/mol. The normalized spacial score (nSPS) is 22.4. The molecule has 2 rings (SSSR count). The molecule has 272 valence electrons. The molecule has 0 saturated heterocycles. The van der Waals surface area contributed by atoms with Crippen LogP contribution in [0.4, 0.5) is 105 Å². The Morgan fingerprint density at radius 2 is 0.596 bits per heavy atom. The third-order valence-corrected chi connectivity index (χ3v) is 20.7. The predicted octanol–water partition coefficient (Wildman–Crippen LogP) is 8.45. The second-order valence-electron chi connectivity index (χ2n) is 8.07. The van der Waals surface area contributed by atoms with Crippen LogP contribution in [-0.4, -0.2) is 82.9 Å². The molecule has 0 saturated carbocycles. The fraction of sp³-hybridized carbons (Fsp3) is 0.857. The summed E-state index contributed by atoms with van der Waals surface area (Å²) in [5.74, 6) is -13.9. The minimum atomic E-state index is -7.45. The van der Waals surface area contributed by atoms with Crippen LogP contribution in [0, 0.1) is 0 Å². The molecule has 2 aliphatic rings. The molecule has 0 N–H and O–H groups in total. The summed E-state index contributed by atoms with van der Waals surface area (Å²) in [4.78, 5) is 2.95. The second kappa shape index (κ2) is 11.7. The van der Waals surface area contributed by atoms with Gasteiger partial charge in [0, 0.05) is 0 Å². The third-order valence-electron chi connectivity index (χ3n) is 4.94. The van der Waals surface area contributed by atoms with Crippen molar-refractivity contribution >= 4 is 26.9 Å². The SMILES string of the molecule is FC(F)(F)C1(C(F)(F)F)N=C([S][Hg][S]C2=NC(C(F)(F)F)(C(F)(F)F)OC(C(F)(F)F)(C(F)(F)F)O2)OC(C(F)(F)F)(C(F)(F)F)O1.